The third-order valence-electron chi connectivity index (χ3n) is 9.05. The van der Waals surface area contributed by atoms with Gasteiger partial charge < -0.3 is 20.1 Å². The van der Waals surface area contributed by atoms with Crippen molar-refractivity contribution >= 4 is 22.9 Å². The van der Waals surface area contributed by atoms with Gasteiger partial charge in [-0.2, -0.15) is 4.98 Å². The number of fused-ring (bicyclic) bond motifs is 1. The second-order valence-electron chi connectivity index (χ2n) is 12.1. The predicted octanol–water partition coefficient (Wildman–Crippen LogP) is 3.78. The fourth-order valence-electron chi connectivity index (χ4n) is 6.29. The van der Waals surface area contributed by atoms with E-state index in [1.807, 2.05) is 0 Å². The van der Waals surface area contributed by atoms with Crippen LogP contribution in [-0.2, 0) is 6.54 Å². The molecule has 3 aromatic rings. The van der Waals surface area contributed by atoms with Crippen molar-refractivity contribution in [2.75, 3.05) is 23.3 Å². The summed E-state index contributed by atoms with van der Waals surface area (Å²) in [5, 5.41) is 11.2. The van der Waals surface area contributed by atoms with Crippen LogP contribution in [0, 0.1) is 17.8 Å². The first-order chi connectivity index (χ1) is 18.4. The quantitative estimate of drug-likeness (QED) is 0.423. The predicted molar refractivity (Wildman–Crippen MR) is 147 cm³/mol. The van der Waals surface area contributed by atoms with Gasteiger partial charge in [0, 0.05) is 37.8 Å². The van der Waals surface area contributed by atoms with Gasteiger partial charge in [0.15, 0.2) is 11.5 Å². The summed E-state index contributed by atoms with van der Waals surface area (Å²) < 4.78 is 7.16. The molecule has 0 unspecified atom stereocenters. The van der Waals surface area contributed by atoms with Crippen molar-refractivity contribution in [1.82, 2.24) is 35.0 Å². The van der Waals surface area contributed by atoms with E-state index in [1.54, 1.807) is 0 Å². The number of imidazole rings is 1. The smallest absolute Gasteiger partial charge is 0.365 e. The van der Waals surface area contributed by atoms with E-state index >= 15 is 0 Å². The molecule has 1 aliphatic heterocycles. The molecule has 11 heteroatoms. The summed E-state index contributed by atoms with van der Waals surface area (Å²) in [6, 6.07) is 0.942. The zero-order chi connectivity index (χ0) is 26.4. The molecule has 3 N–H and O–H groups in total. The molecule has 3 atom stereocenters. The average molecular weight is 524 g/mol. The van der Waals surface area contributed by atoms with Gasteiger partial charge in [-0.15, -0.1) is 0 Å². The molecular formula is C27H41N9O2. The number of anilines is 2. The number of piperazine rings is 1. The highest BCUT2D eigenvalue weighted by molar-refractivity contribution is 5.87. The highest BCUT2D eigenvalue weighted by Gasteiger charge is 2.32. The van der Waals surface area contributed by atoms with E-state index in [2.05, 4.69) is 57.9 Å². The molecule has 6 rings (SSSR count). The topological polar surface area (TPSA) is 130 Å². The largest absolute Gasteiger partial charge is 0.439 e. The number of H-pyrrole nitrogens is 1. The lowest BCUT2D eigenvalue weighted by Gasteiger charge is -2.39. The van der Waals surface area contributed by atoms with E-state index in [4.69, 9.17) is 19.5 Å². The SMILES string of the molecule is C[C@@H]1CN[C@@H](C)CN1c1nc2nc(-c3noc(=O)[nH]3)nc(N[C@H](C)C3CCC3)c2n1C[C@H]1CC[C@H](C)CC1. The Morgan fingerprint density at radius 2 is 1.87 bits per heavy atom. The standard InChI is InChI=1S/C27H41N9O2/c1-15-8-10-19(11-9-15)14-36-21-22(29-18(4)20-6-5-7-20)30-24(25-33-27(37)38-34-25)31-23(21)32-26(36)35-13-16(2)28-12-17(35)3/h15-20,28H,5-14H2,1-4H3,(H,29,30,31)(H,33,34,37)/t15-,16-,17+,18+,19-/m0/s1. The van der Waals surface area contributed by atoms with Gasteiger partial charge in [0.1, 0.15) is 5.52 Å². The van der Waals surface area contributed by atoms with Crippen molar-refractivity contribution in [2.45, 2.75) is 97.3 Å². The van der Waals surface area contributed by atoms with Crippen LogP contribution in [0.2, 0.25) is 0 Å². The van der Waals surface area contributed by atoms with Crippen LogP contribution in [0.1, 0.15) is 72.6 Å². The first-order valence-electron chi connectivity index (χ1n) is 14.5. The van der Waals surface area contributed by atoms with Crippen molar-refractivity contribution in [3.63, 3.8) is 0 Å². The number of nitrogens with one attached hydrogen (secondary N) is 3. The molecule has 4 heterocycles. The molecular weight excluding hydrogens is 482 g/mol. The monoisotopic (exact) mass is 523 g/mol. The van der Waals surface area contributed by atoms with E-state index in [9.17, 15) is 4.79 Å². The number of nitrogens with zero attached hydrogens (tertiary/aromatic N) is 6. The number of hydrogen-bond acceptors (Lipinski definition) is 9. The minimum atomic E-state index is -0.623. The maximum Gasteiger partial charge on any atom is 0.439 e. The van der Waals surface area contributed by atoms with Gasteiger partial charge in [-0.1, -0.05) is 31.3 Å². The Morgan fingerprint density at radius 1 is 1.08 bits per heavy atom. The summed E-state index contributed by atoms with van der Waals surface area (Å²) in [6.45, 7) is 11.8. The molecule has 2 aliphatic carbocycles. The Bertz CT molecular complexity index is 1320. The maximum atomic E-state index is 11.7. The number of aromatic amines is 1. The van der Waals surface area contributed by atoms with Gasteiger partial charge in [-0.05, 0) is 64.2 Å². The fraction of sp³-hybridized carbons (Fsp3) is 0.741. The van der Waals surface area contributed by atoms with Gasteiger partial charge in [-0.25, -0.2) is 14.8 Å². The highest BCUT2D eigenvalue weighted by Crippen LogP contribution is 2.37. The molecule has 2 saturated carbocycles. The second kappa shape index (κ2) is 10.3. The highest BCUT2D eigenvalue weighted by atomic mass is 16.5. The van der Waals surface area contributed by atoms with Crippen LogP contribution in [0.5, 0.6) is 0 Å². The van der Waals surface area contributed by atoms with Crippen molar-refractivity contribution < 1.29 is 4.52 Å². The van der Waals surface area contributed by atoms with E-state index < -0.39 is 5.76 Å². The van der Waals surface area contributed by atoms with Gasteiger partial charge in [0.05, 0.1) is 0 Å². The summed E-state index contributed by atoms with van der Waals surface area (Å²) in [6.07, 6.45) is 8.75. The summed E-state index contributed by atoms with van der Waals surface area (Å²) in [4.78, 5) is 31.6. The van der Waals surface area contributed by atoms with Crippen molar-refractivity contribution in [3.8, 4) is 11.6 Å². The van der Waals surface area contributed by atoms with E-state index in [1.165, 1.54) is 44.9 Å². The van der Waals surface area contributed by atoms with Crippen LogP contribution < -0.4 is 21.3 Å². The minimum Gasteiger partial charge on any atom is -0.365 e. The van der Waals surface area contributed by atoms with Crippen molar-refractivity contribution in [3.05, 3.63) is 10.6 Å². The van der Waals surface area contributed by atoms with Crippen LogP contribution in [0.25, 0.3) is 22.8 Å². The molecule has 0 amide bonds. The molecule has 206 valence electrons. The molecule has 3 fully saturated rings. The molecule has 3 aromatic heterocycles. The molecule has 1 saturated heterocycles. The number of aromatic nitrogens is 6. The lowest BCUT2D eigenvalue weighted by molar-refractivity contribution is 0.266. The van der Waals surface area contributed by atoms with Gasteiger partial charge in [0.25, 0.3) is 0 Å². The molecule has 38 heavy (non-hydrogen) atoms. The second-order valence-corrected chi connectivity index (χ2v) is 12.1. The summed E-state index contributed by atoms with van der Waals surface area (Å²) >= 11 is 0. The molecule has 0 spiro atoms. The first kappa shape index (κ1) is 25.3. The van der Waals surface area contributed by atoms with Crippen LogP contribution in [0.15, 0.2) is 9.32 Å². The zero-order valence-corrected chi connectivity index (χ0v) is 23.0. The number of rotatable bonds is 7. The van der Waals surface area contributed by atoms with Crippen LogP contribution in [0.3, 0.4) is 0 Å². The average Bonchev–Trinajstić information content (AvgIpc) is 3.44. The lowest BCUT2D eigenvalue weighted by atomic mass is 9.80. The Morgan fingerprint density at radius 3 is 2.55 bits per heavy atom. The molecule has 11 nitrogen and oxygen atoms in total. The van der Waals surface area contributed by atoms with Crippen molar-refractivity contribution in [1.29, 1.82) is 0 Å². The van der Waals surface area contributed by atoms with Crippen LogP contribution in [-0.4, -0.2) is 60.9 Å². The normalized spacial score (nSPS) is 27.4. The Balaban J connectivity index is 1.49. The lowest BCUT2D eigenvalue weighted by Crippen LogP contribution is -2.55. The first-order valence-corrected chi connectivity index (χ1v) is 14.5. The third-order valence-corrected chi connectivity index (χ3v) is 9.05. The molecule has 0 bridgehead atoms. The molecule has 0 radical (unpaired) electrons. The van der Waals surface area contributed by atoms with E-state index in [0.717, 1.165) is 42.8 Å². The Labute approximate surface area is 223 Å². The zero-order valence-electron chi connectivity index (χ0n) is 23.0. The van der Waals surface area contributed by atoms with Gasteiger partial charge in [0.2, 0.25) is 17.6 Å². The van der Waals surface area contributed by atoms with Crippen LogP contribution in [0.4, 0.5) is 11.8 Å². The fourth-order valence-corrected chi connectivity index (χ4v) is 6.29. The van der Waals surface area contributed by atoms with Crippen LogP contribution >= 0.6 is 0 Å². The maximum absolute atomic E-state index is 11.7. The summed E-state index contributed by atoms with van der Waals surface area (Å²) in [7, 11) is 0. The summed E-state index contributed by atoms with van der Waals surface area (Å²) in [5.41, 5.74) is 1.57. The molecule has 0 aromatic carbocycles. The molecule has 3 aliphatic rings. The van der Waals surface area contributed by atoms with E-state index in [-0.39, 0.29) is 11.9 Å². The Kier molecular flexibility index (Phi) is 6.88. The number of hydrogen-bond donors (Lipinski definition) is 3. The third kappa shape index (κ3) is 4.92. The van der Waals surface area contributed by atoms with E-state index in [0.29, 0.717) is 35.4 Å². The summed E-state index contributed by atoms with van der Waals surface area (Å²) in [5.74, 6) is 3.65. The minimum absolute atomic E-state index is 0.220. The van der Waals surface area contributed by atoms with Gasteiger partial charge >= 0.3 is 5.76 Å². The van der Waals surface area contributed by atoms with Gasteiger partial charge in [-0.3, -0.25) is 9.51 Å². The Hall–Kier alpha value is -2.95. The van der Waals surface area contributed by atoms with Crippen molar-refractivity contribution in [2.24, 2.45) is 17.8 Å².